The molecule has 0 aliphatic rings. The fourth-order valence-electron chi connectivity index (χ4n) is 8.30. The number of amides is 4. The van der Waals surface area contributed by atoms with Gasteiger partial charge >= 0.3 is 38.4 Å². The van der Waals surface area contributed by atoms with Gasteiger partial charge in [-0.25, -0.2) is 0 Å². The van der Waals surface area contributed by atoms with Crippen molar-refractivity contribution in [1.29, 1.82) is 0 Å². The second-order valence-electron chi connectivity index (χ2n) is 17.1. The van der Waals surface area contributed by atoms with Crippen LogP contribution in [0.1, 0.15) is 101 Å². The fraction of sp³-hybridized carbons (Fsp3) is 0.423. The lowest BCUT2D eigenvalue weighted by Gasteiger charge is -2.24. The van der Waals surface area contributed by atoms with Crippen LogP contribution >= 0.6 is 14.7 Å². The number of carbonyl (C=O) groups excluding carboxylic acids is 6. The third-order valence-electron chi connectivity index (χ3n) is 11.7. The summed E-state index contributed by atoms with van der Waals surface area (Å²) in [5.41, 5.74) is 2.27. The Morgan fingerprint density at radius 1 is 0.577 bits per heavy atom. The van der Waals surface area contributed by atoms with Crippen molar-refractivity contribution in [3.8, 4) is 0 Å². The summed E-state index contributed by atoms with van der Waals surface area (Å²) in [4.78, 5) is 82.7. The van der Waals surface area contributed by atoms with E-state index < -0.39 is 55.7 Å². The standard InChI is InChI=1S/C52H69N5O12P2/c1-10-31-67-42(58)25-30-57(28-19-26-53-47(59)49(61)55-45-36(6)32-34(4)43(38(45)8)51(63)70(65,68-11-2)40-21-15-13-16-22-40)29-20-27-54-48(60)50(62)56-46-37(7)33-35(5)44(39(46)9)52(64)71(66,69-12-3)41-23-17-14-18-24-41/h13-18,21-24,32-33,42,58H,10-12,19-20,25-31H2,1-9H3,(H,53,59)(H,54,60)(H,55,61)(H,56,62). The van der Waals surface area contributed by atoms with Gasteiger partial charge in [0, 0.05) is 65.8 Å². The van der Waals surface area contributed by atoms with E-state index in [1.54, 1.807) is 128 Å². The number of aliphatic hydroxyl groups is 1. The quantitative estimate of drug-likeness (QED) is 0.0183. The molecule has 0 saturated carbocycles. The average Bonchev–Trinajstić information content (AvgIpc) is 3.34. The predicted molar refractivity (Wildman–Crippen MR) is 276 cm³/mol. The molecule has 3 atom stereocenters. The second kappa shape index (κ2) is 27.3. The Kier molecular flexibility index (Phi) is 22.2. The van der Waals surface area contributed by atoms with E-state index in [2.05, 4.69) is 21.3 Å². The smallest absolute Gasteiger partial charge is 0.313 e. The van der Waals surface area contributed by atoms with Gasteiger partial charge in [0.05, 0.1) is 13.2 Å². The van der Waals surface area contributed by atoms with Crippen LogP contribution in [-0.2, 0) is 42.1 Å². The van der Waals surface area contributed by atoms with Crippen molar-refractivity contribution in [1.82, 2.24) is 15.5 Å². The highest BCUT2D eigenvalue weighted by Gasteiger charge is 2.40. The first-order chi connectivity index (χ1) is 33.7. The summed E-state index contributed by atoms with van der Waals surface area (Å²) in [5.74, 6) is -3.73. The fourth-order valence-corrected chi connectivity index (χ4v) is 12.4. The van der Waals surface area contributed by atoms with Gasteiger partial charge < -0.3 is 45.1 Å². The summed E-state index contributed by atoms with van der Waals surface area (Å²) in [7, 11) is -8.06. The first-order valence-corrected chi connectivity index (χ1v) is 27.1. The molecule has 0 heterocycles. The summed E-state index contributed by atoms with van der Waals surface area (Å²) in [5, 5.41) is 21.4. The van der Waals surface area contributed by atoms with Gasteiger partial charge in [-0.05, 0) is 145 Å². The van der Waals surface area contributed by atoms with Crippen LogP contribution in [0.25, 0.3) is 0 Å². The van der Waals surface area contributed by atoms with E-state index in [9.17, 15) is 43.0 Å². The maximum atomic E-state index is 14.2. The molecule has 0 bridgehead atoms. The van der Waals surface area contributed by atoms with E-state index in [-0.39, 0.29) is 65.8 Å². The Hall–Kier alpha value is -5.64. The van der Waals surface area contributed by atoms with Crippen molar-refractivity contribution in [2.45, 2.75) is 94.3 Å². The van der Waals surface area contributed by atoms with Crippen LogP contribution in [0.5, 0.6) is 0 Å². The molecular weight excluding hydrogens is 949 g/mol. The predicted octanol–water partition coefficient (Wildman–Crippen LogP) is 7.12. The van der Waals surface area contributed by atoms with Crippen molar-refractivity contribution in [3.63, 3.8) is 0 Å². The number of nitrogens with zero attached hydrogens (tertiary/aromatic N) is 1. The van der Waals surface area contributed by atoms with E-state index in [1.807, 2.05) is 11.8 Å². The van der Waals surface area contributed by atoms with Crippen molar-refractivity contribution < 1.29 is 56.8 Å². The zero-order valence-corrected chi connectivity index (χ0v) is 44.1. The van der Waals surface area contributed by atoms with Crippen LogP contribution in [0.4, 0.5) is 11.4 Å². The summed E-state index contributed by atoms with van der Waals surface area (Å²) in [6, 6.07) is 19.8. The van der Waals surface area contributed by atoms with Crippen LogP contribution in [0.2, 0.25) is 0 Å². The third-order valence-corrected chi connectivity index (χ3v) is 16.4. The van der Waals surface area contributed by atoms with Crippen molar-refractivity contribution in [2.24, 2.45) is 0 Å². The molecule has 4 rings (SSSR count). The molecule has 5 N–H and O–H groups in total. The largest absolute Gasteiger partial charge is 0.368 e. The molecule has 0 radical (unpaired) electrons. The molecule has 384 valence electrons. The van der Waals surface area contributed by atoms with Gasteiger partial charge in [0.2, 0.25) is 0 Å². The molecule has 0 aromatic heterocycles. The van der Waals surface area contributed by atoms with E-state index in [4.69, 9.17) is 13.8 Å². The molecular formula is C52H69N5O12P2. The number of aliphatic hydroxyl groups excluding tert-OH is 1. The van der Waals surface area contributed by atoms with E-state index in [1.165, 1.54) is 0 Å². The topological polar surface area (TPSA) is 236 Å². The molecule has 0 saturated heterocycles. The lowest BCUT2D eigenvalue weighted by Crippen LogP contribution is -2.39. The van der Waals surface area contributed by atoms with Crippen molar-refractivity contribution in [3.05, 3.63) is 117 Å². The summed E-state index contributed by atoms with van der Waals surface area (Å²) in [6.07, 6.45) is 0.795. The number of ether oxygens (including phenoxy) is 1. The molecule has 4 aromatic carbocycles. The first-order valence-electron chi connectivity index (χ1n) is 23.9. The Morgan fingerprint density at radius 2 is 0.972 bits per heavy atom. The highest BCUT2D eigenvalue weighted by molar-refractivity contribution is 7.84. The minimum Gasteiger partial charge on any atom is -0.368 e. The van der Waals surface area contributed by atoms with E-state index in [0.717, 1.165) is 6.42 Å². The van der Waals surface area contributed by atoms with Gasteiger partial charge in [-0.3, -0.25) is 37.9 Å². The van der Waals surface area contributed by atoms with Crippen molar-refractivity contribution >= 4 is 71.4 Å². The molecule has 0 aliphatic carbocycles. The molecule has 4 amide bonds. The number of nitrogens with one attached hydrogen (secondary N) is 4. The zero-order valence-electron chi connectivity index (χ0n) is 42.3. The molecule has 0 aliphatic heterocycles. The summed E-state index contributed by atoms with van der Waals surface area (Å²) in [6.45, 7) is 17.2. The van der Waals surface area contributed by atoms with Gasteiger partial charge in [-0.1, -0.05) is 55.5 Å². The van der Waals surface area contributed by atoms with Gasteiger partial charge in [0.1, 0.15) is 0 Å². The maximum Gasteiger partial charge on any atom is 0.313 e. The minimum absolute atomic E-state index is 0.0281. The Balaban J connectivity index is 1.36. The summed E-state index contributed by atoms with van der Waals surface area (Å²) >= 11 is 0. The van der Waals surface area contributed by atoms with Gasteiger partial charge in [0.25, 0.3) is 11.0 Å². The van der Waals surface area contributed by atoms with E-state index in [0.29, 0.717) is 72.5 Å². The number of carbonyl (C=O) groups is 6. The van der Waals surface area contributed by atoms with Crippen LogP contribution in [-0.4, -0.2) is 104 Å². The molecule has 17 nitrogen and oxygen atoms in total. The van der Waals surface area contributed by atoms with Crippen molar-refractivity contribution in [2.75, 3.05) is 63.2 Å². The van der Waals surface area contributed by atoms with Gasteiger partial charge in [-0.2, -0.15) is 0 Å². The number of hydrogen-bond acceptors (Lipinski definition) is 13. The highest BCUT2D eigenvalue weighted by atomic mass is 31.2. The second-order valence-corrected chi connectivity index (χ2v) is 21.6. The molecule has 3 unspecified atom stereocenters. The SMILES string of the molecule is CCCOC(O)CCN(CCCNC(=O)C(=O)Nc1c(C)cc(C)c(C(=O)P(=O)(OCC)c2ccccc2)c1C)CCCNC(=O)C(=O)Nc1c(C)cc(C)c(C(=O)P(=O)(OCC)c2ccccc2)c1C. The Bertz CT molecular complexity index is 2470. The normalized spacial score (nSPS) is 13.4. The van der Waals surface area contributed by atoms with Crippen LogP contribution < -0.4 is 31.9 Å². The molecule has 4 aromatic rings. The minimum atomic E-state index is -4.03. The lowest BCUT2D eigenvalue weighted by molar-refractivity contribution is -0.136. The van der Waals surface area contributed by atoms with Crippen LogP contribution in [0.3, 0.4) is 0 Å². The van der Waals surface area contributed by atoms with Crippen LogP contribution in [0, 0.1) is 41.5 Å². The lowest BCUT2D eigenvalue weighted by atomic mass is 9.98. The van der Waals surface area contributed by atoms with Gasteiger partial charge in [0.15, 0.2) is 6.29 Å². The monoisotopic (exact) mass is 1020 g/mol. The van der Waals surface area contributed by atoms with Crippen LogP contribution in [0.15, 0.2) is 72.8 Å². The number of benzene rings is 4. The zero-order chi connectivity index (χ0) is 52.5. The highest BCUT2D eigenvalue weighted by Crippen LogP contribution is 2.52. The maximum absolute atomic E-state index is 14.2. The van der Waals surface area contributed by atoms with E-state index >= 15 is 0 Å². The molecule has 71 heavy (non-hydrogen) atoms. The third kappa shape index (κ3) is 15.0. The number of rotatable bonds is 26. The number of aryl methyl sites for hydroxylation is 4. The van der Waals surface area contributed by atoms with Gasteiger partial charge in [-0.15, -0.1) is 0 Å². The Morgan fingerprint density at radius 3 is 1.34 bits per heavy atom. The number of hydrogen-bond donors (Lipinski definition) is 5. The molecule has 0 spiro atoms. The molecule has 0 fully saturated rings. The molecule has 19 heteroatoms. The average molecular weight is 1020 g/mol. The first kappa shape index (κ1) is 57.9. The Labute approximate surface area is 417 Å². The summed E-state index contributed by atoms with van der Waals surface area (Å²) < 4.78 is 45.0. The number of anilines is 2.